The highest BCUT2D eigenvalue weighted by Gasteiger charge is 2.28. The first kappa shape index (κ1) is 16.9. The molecule has 1 unspecified atom stereocenters. The average molecular weight is 406 g/mol. The normalized spacial score (nSPS) is 17.9. The summed E-state index contributed by atoms with van der Waals surface area (Å²) in [7, 11) is 1.61. The quantitative estimate of drug-likeness (QED) is 0.738. The van der Waals surface area contributed by atoms with Crippen LogP contribution >= 0.6 is 22.6 Å². The summed E-state index contributed by atoms with van der Waals surface area (Å²) in [6.45, 7) is 2.95. The third kappa shape index (κ3) is 4.26. The van der Waals surface area contributed by atoms with Gasteiger partial charge in [-0.1, -0.05) is 19.3 Å². The molecule has 0 saturated heterocycles. The number of rotatable bonds is 6. The maximum absolute atomic E-state index is 12.1. The van der Waals surface area contributed by atoms with E-state index < -0.39 is 0 Å². The van der Waals surface area contributed by atoms with E-state index >= 15 is 0 Å². The molecule has 21 heavy (non-hydrogen) atoms. The van der Waals surface area contributed by atoms with Crippen molar-refractivity contribution in [2.45, 2.75) is 51.7 Å². The number of halogens is 1. The summed E-state index contributed by atoms with van der Waals surface area (Å²) in [5.74, 6) is 1.10. The van der Waals surface area contributed by atoms with Gasteiger partial charge in [0.2, 0.25) is 0 Å². The first-order chi connectivity index (χ1) is 10.2. The van der Waals surface area contributed by atoms with Gasteiger partial charge in [-0.15, -0.1) is 0 Å². The molecule has 2 rings (SSSR count). The Morgan fingerprint density at radius 2 is 2.10 bits per heavy atom. The molecule has 1 atom stereocenters. The Kier molecular flexibility index (Phi) is 6.63. The fourth-order valence-electron chi connectivity index (χ4n) is 2.95. The van der Waals surface area contributed by atoms with Crippen molar-refractivity contribution >= 4 is 22.6 Å². The van der Waals surface area contributed by atoms with Crippen LogP contribution in [0.5, 0.6) is 0 Å². The lowest BCUT2D eigenvalue weighted by atomic mass is 9.85. The monoisotopic (exact) mass is 406 g/mol. The van der Waals surface area contributed by atoms with Crippen LogP contribution in [0.1, 0.15) is 56.7 Å². The Morgan fingerprint density at radius 3 is 2.71 bits per heavy atom. The first-order valence-electron chi connectivity index (χ1n) is 7.56. The molecule has 1 heterocycles. The van der Waals surface area contributed by atoms with Crippen molar-refractivity contribution in [3.63, 3.8) is 0 Å². The summed E-state index contributed by atoms with van der Waals surface area (Å²) in [6, 6.07) is 0. The Balaban J connectivity index is 2.32. The number of aromatic nitrogens is 2. The third-order valence-electron chi connectivity index (χ3n) is 3.92. The number of nitrogens with one attached hydrogen (secondary N) is 1. The number of ether oxygens (including phenoxy) is 2. The van der Waals surface area contributed by atoms with Crippen molar-refractivity contribution in [2.24, 2.45) is 5.92 Å². The van der Waals surface area contributed by atoms with Crippen LogP contribution in [-0.4, -0.2) is 23.7 Å². The third-order valence-corrected chi connectivity index (χ3v) is 5.04. The van der Waals surface area contributed by atoms with E-state index in [4.69, 9.17) is 9.47 Å². The minimum atomic E-state index is -0.115. The van der Waals surface area contributed by atoms with Crippen LogP contribution < -0.4 is 5.56 Å². The molecular formula is C15H23IN2O3. The summed E-state index contributed by atoms with van der Waals surface area (Å²) in [4.78, 5) is 19.6. The highest BCUT2D eigenvalue weighted by molar-refractivity contribution is 14.1. The SMILES string of the molecule is CCOC(c1nc(COC)c(I)c(=O)[nH]1)C1CCCCC1. The molecule has 0 aliphatic heterocycles. The molecule has 0 spiro atoms. The van der Waals surface area contributed by atoms with E-state index in [0.29, 0.717) is 34.2 Å². The second-order valence-electron chi connectivity index (χ2n) is 5.42. The smallest absolute Gasteiger partial charge is 0.264 e. The van der Waals surface area contributed by atoms with E-state index in [2.05, 4.69) is 9.97 Å². The predicted octanol–water partition coefficient (Wildman–Crippen LogP) is 3.18. The topological polar surface area (TPSA) is 64.2 Å². The van der Waals surface area contributed by atoms with Gasteiger partial charge in [0.05, 0.1) is 12.3 Å². The molecule has 1 aliphatic carbocycles. The van der Waals surface area contributed by atoms with Crippen molar-refractivity contribution in [2.75, 3.05) is 13.7 Å². The molecule has 0 aromatic carbocycles. The standard InChI is InChI=1S/C15H23IN2O3/c1-3-21-13(10-7-5-4-6-8-10)14-17-11(9-20-2)12(16)15(19)18-14/h10,13H,3-9H2,1-2H3,(H,17,18,19). The number of methoxy groups -OCH3 is 1. The van der Waals surface area contributed by atoms with Gasteiger partial charge in [-0.3, -0.25) is 4.79 Å². The van der Waals surface area contributed by atoms with Gasteiger partial charge < -0.3 is 14.5 Å². The highest BCUT2D eigenvalue weighted by atomic mass is 127. The Labute approximate surface area is 139 Å². The van der Waals surface area contributed by atoms with Gasteiger partial charge in [0.1, 0.15) is 15.5 Å². The fourth-order valence-corrected chi connectivity index (χ4v) is 3.36. The number of aromatic amines is 1. The molecule has 0 amide bonds. The van der Waals surface area contributed by atoms with Crippen LogP contribution in [0.15, 0.2) is 4.79 Å². The fraction of sp³-hybridized carbons (Fsp3) is 0.733. The molecule has 118 valence electrons. The van der Waals surface area contributed by atoms with Gasteiger partial charge >= 0.3 is 0 Å². The van der Waals surface area contributed by atoms with Crippen molar-refractivity contribution in [1.82, 2.24) is 9.97 Å². The second kappa shape index (κ2) is 8.24. The Morgan fingerprint density at radius 1 is 1.38 bits per heavy atom. The van der Waals surface area contributed by atoms with Gasteiger partial charge in [-0.2, -0.15) is 0 Å². The van der Waals surface area contributed by atoms with Gasteiger partial charge in [-0.25, -0.2) is 4.98 Å². The molecule has 1 N–H and O–H groups in total. The van der Waals surface area contributed by atoms with Crippen LogP contribution in [0.2, 0.25) is 0 Å². The van der Waals surface area contributed by atoms with Crippen LogP contribution in [0.4, 0.5) is 0 Å². The molecule has 5 nitrogen and oxygen atoms in total. The minimum absolute atomic E-state index is 0.104. The lowest BCUT2D eigenvalue weighted by molar-refractivity contribution is -0.000734. The van der Waals surface area contributed by atoms with Crippen molar-refractivity contribution in [3.05, 3.63) is 25.4 Å². The number of hydrogen-bond acceptors (Lipinski definition) is 4. The summed E-state index contributed by atoms with van der Waals surface area (Å²) < 4.78 is 11.7. The molecule has 1 aromatic rings. The molecule has 1 saturated carbocycles. The lowest BCUT2D eigenvalue weighted by Gasteiger charge is -2.29. The summed E-state index contributed by atoms with van der Waals surface area (Å²) in [5.41, 5.74) is 0.588. The largest absolute Gasteiger partial charge is 0.378 e. The van der Waals surface area contributed by atoms with E-state index in [1.165, 1.54) is 19.3 Å². The second-order valence-corrected chi connectivity index (χ2v) is 6.50. The molecule has 1 aliphatic rings. The molecule has 1 fully saturated rings. The molecule has 0 bridgehead atoms. The van der Waals surface area contributed by atoms with Gasteiger partial charge in [-0.05, 0) is 48.3 Å². The van der Waals surface area contributed by atoms with Gasteiger partial charge in [0.25, 0.3) is 5.56 Å². The summed E-state index contributed by atoms with van der Waals surface area (Å²) >= 11 is 2.02. The van der Waals surface area contributed by atoms with E-state index in [0.717, 1.165) is 12.8 Å². The number of H-pyrrole nitrogens is 1. The molecule has 1 aromatic heterocycles. The maximum Gasteiger partial charge on any atom is 0.264 e. The van der Waals surface area contributed by atoms with Crippen molar-refractivity contribution in [3.8, 4) is 0 Å². The van der Waals surface area contributed by atoms with E-state index in [1.54, 1.807) is 7.11 Å². The zero-order valence-corrected chi connectivity index (χ0v) is 14.8. The van der Waals surface area contributed by atoms with Crippen molar-refractivity contribution in [1.29, 1.82) is 0 Å². The van der Waals surface area contributed by atoms with Gasteiger partial charge in [0, 0.05) is 13.7 Å². The zero-order chi connectivity index (χ0) is 15.2. The predicted molar refractivity (Wildman–Crippen MR) is 89.2 cm³/mol. The Hall–Kier alpha value is -0.470. The van der Waals surface area contributed by atoms with Crippen LogP contribution in [0.25, 0.3) is 0 Å². The minimum Gasteiger partial charge on any atom is -0.378 e. The van der Waals surface area contributed by atoms with E-state index in [9.17, 15) is 4.79 Å². The molecule has 0 radical (unpaired) electrons. The zero-order valence-electron chi connectivity index (χ0n) is 12.7. The van der Waals surface area contributed by atoms with Crippen molar-refractivity contribution < 1.29 is 9.47 Å². The van der Waals surface area contributed by atoms with Crippen LogP contribution in [0.3, 0.4) is 0 Å². The van der Waals surface area contributed by atoms with E-state index in [-0.39, 0.29) is 11.7 Å². The molecule has 6 heteroatoms. The lowest BCUT2D eigenvalue weighted by Crippen LogP contribution is -2.26. The summed E-state index contributed by atoms with van der Waals surface area (Å²) in [6.07, 6.45) is 5.91. The van der Waals surface area contributed by atoms with Gasteiger partial charge in [0.15, 0.2) is 0 Å². The molecular weight excluding hydrogens is 383 g/mol. The number of hydrogen-bond donors (Lipinski definition) is 1. The van der Waals surface area contributed by atoms with E-state index in [1.807, 2.05) is 29.5 Å². The first-order valence-corrected chi connectivity index (χ1v) is 8.64. The van der Waals surface area contributed by atoms with Crippen LogP contribution in [-0.2, 0) is 16.1 Å². The maximum atomic E-state index is 12.1. The highest BCUT2D eigenvalue weighted by Crippen LogP contribution is 2.35. The number of nitrogens with zero attached hydrogens (tertiary/aromatic N) is 1. The van der Waals surface area contributed by atoms with Crippen LogP contribution in [0, 0.1) is 9.49 Å². The Bertz CT molecular complexity index is 512. The average Bonchev–Trinajstić information content (AvgIpc) is 2.50. The summed E-state index contributed by atoms with van der Waals surface area (Å²) in [5, 5.41) is 0.